The summed E-state index contributed by atoms with van der Waals surface area (Å²) in [4.78, 5) is 0. The second kappa shape index (κ2) is 6.09. The van der Waals surface area contributed by atoms with Crippen LogP contribution in [-0.4, -0.2) is 0 Å². The summed E-state index contributed by atoms with van der Waals surface area (Å²) < 4.78 is 0. The van der Waals surface area contributed by atoms with Crippen LogP contribution in [0.1, 0.15) is 0 Å². The van der Waals surface area contributed by atoms with Crippen LogP contribution < -0.4 is 0 Å². The van der Waals surface area contributed by atoms with E-state index in [-0.39, 0.29) is 32.7 Å². The fourth-order valence-electron chi connectivity index (χ4n) is 2.59. The van der Waals surface area contributed by atoms with Crippen LogP contribution >= 0.6 is 0 Å². The molecular weight excluding hydrogens is 329 g/mol. The molecule has 97 valence electrons. The summed E-state index contributed by atoms with van der Waals surface area (Å²) in [6.45, 7) is 0. The Morgan fingerprint density at radius 1 is 0.571 bits per heavy atom. The normalized spacial score (nSPS) is 10.5. The average molecular weight is 341 g/mol. The summed E-state index contributed by atoms with van der Waals surface area (Å²) in [5.74, 6) is 0. The molecule has 0 aromatic heterocycles. The zero-order valence-electron chi connectivity index (χ0n) is 11.5. The van der Waals surface area contributed by atoms with Crippen molar-refractivity contribution < 1.29 is 32.7 Å². The summed E-state index contributed by atoms with van der Waals surface area (Å²) >= 11 is 0. The van der Waals surface area contributed by atoms with Crippen molar-refractivity contribution in [3.8, 4) is 11.1 Å². The fourth-order valence-corrected chi connectivity index (χ4v) is 2.59. The largest absolute Gasteiger partial charge is 0.226 e. The Balaban J connectivity index is 0.00000132. The Hall–Kier alpha value is -1.50. The van der Waals surface area contributed by atoms with Crippen molar-refractivity contribution in [3.63, 3.8) is 0 Å². The van der Waals surface area contributed by atoms with Gasteiger partial charge in [-0.3, -0.25) is 0 Å². The molecule has 0 bridgehead atoms. The minimum absolute atomic E-state index is 0. The first-order valence-electron chi connectivity index (χ1n) is 6.71. The fraction of sp³-hybridized carbons (Fsp3) is 0. The van der Waals surface area contributed by atoms with E-state index < -0.39 is 0 Å². The van der Waals surface area contributed by atoms with Crippen LogP contribution in [0.4, 0.5) is 0 Å². The van der Waals surface area contributed by atoms with E-state index in [0.29, 0.717) is 0 Å². The van der Waals surface area contributed by atoms with Gasteiger partial charge in [-0.1, -0.05) is 36.4 Å². The molecule has 0 N–H and O–H groups in total. The van der Waals surface area contributed by atoms with Crippen LogP contribution in [0.2, 0.25) is 0 Å². The first-order chi connectivity index (χ1) is 9.90. The molecule has 1 radical (unpaired) electrons. The summed E-state index contributed by atoms with van der Waals surface area (Å²) in [5, 5.41) is 5.01. The summed E-state index contributed by atoms with van der Waals surface area (Å²) in [6, 6.07) is 31.8. The first kappa shape index (κ1) is 14.4. The monoisotopic (exact) mass is 341 g/mol. The maximum absolute atomic E-state index is 3.36. The van der Waals surface area contributed by atoms with Crippen LogP contribution in [0.3, 0.4) is 0 Å². The van der Waals surface area contributed by atoms with E-state index in [1.165, 1.54) is 21.5 Å². The van der Waals surface area contributed by atoms with Gasteiger partial charge in [0.05, 0.1) is 0 Å². The molecule has 0 aliphatic carbocycles. The Labute approximate surface area is 149 Å². The van der Waals surface area contributed by atoms with Gasteiger partial charge in [-0.05, 0) is 10.8 Å². The Morgan fingerprint density at radius 3 is 2.00 bits per heavy atom. The molecule has 0 spiro atoms. The van der Waals surface area contributed by atoms with E-state index in [0.717, 1.165) is 11.1 Å². The van der Waals surface area contributed by atoms with Gasteiger partial charge in [0, 0.05) is 32.7 Å². The van der Waals surface area contributed by atoms with Crippen molar-refractivity contribution in [3.05, 3.63) is 84.9 Å². The molecule has 0 nitrogen and oxygen atoms in total. The summed E-state index contributed by atoms with van der Waals surface area (Å²) in [6.07, 6.45) is 0. The quantitative estimate of drug-likeness (QED) is 0.327. The molecule has 0 amide bonds. The summed E-state index contributed by atoms with van der Waals surface area (Å²) in [7, 11) is 0. The Bertz CT molecular complexity index is 895. The van der Waals surface area contributed by atoms with Gasteiger partial charge >= 0.3 is 0 Å². The van der Waals surface area contributed by atoms with Gasteiger partial charge in [-0.2, -0.15) is 36.4 Å². The molecule has 0 unspecified atom stereocenters. The Morgan fingerprint density at radius 2 is 1.29 bits per heavy atom. The molecule has 0 heterocycles. The minimum Gasteiger partial charge on any atom is -0.226 e. The average Bonchev–Trinajstić information content (AvgIpc) is 2.53. The number of hydrogen-bond acceptors (Lipinski definition) is 0. The Kier molecular flexibility index (Phi) is 4.19. The molecule has 0 fully saturated rings. The van der Waals surface area contributed by atoms with Crippen LogP contribution in [0.25, 0.3) is 32.7 Å². The number of benzene rings is 4. The maximum atomic E-state index is 3.36. The van der Waals surface area contributed by atoms with Crippen LogP contribution in [-0.2, 0) is 32.7 Å². The van der Waals surface area contributed by atoms with E-state index >= 15 is 0 Å². The van der Waals surface area contributed by atoms with Gasteiger partial charge in [-0.25, -0.2) is 11.1 Å². The zero-order chi connectivity index (χ0) is 13.4. The van der Waals surface area contributed by atoms with Crippen molar-refractivity contribution in [2.24, 2.45) is 0 Å². The maximum Gasteiger partial charge on any atom is 0 e. The van der Waals surface area contributed by atoms with Gasteiger partial charge in [0.1, 0.15) is 0 Å². The molecule has 0 aliphatic rings. The molecule has 0 saturated heterocycles. The van der Waals surface area contributed by atoms with Crippen molar-refractivity contribution in [1.29, 1.82) is 0 Å². The SMILES string of the molecule is [Y].[c-]1ccccc1-c1[c-]cc2cc3ccccc3cc2c1. The van der Waals surface area contributed by atoms with Crippen LogP contribution in [0.15, 0.2) is 72.8 Å². The third-order valence-electron chi connectivity index (χ3n) is 3.63. The number of hydrogen-bond donors (Lipinski definition) is 0. The van der Waals surface area contributed by atoms with E-state index in [2.05, 4.69) is 66.7 Å². The van der Waals surface area contributed by atoms with Crippen LogP contribution in [0, 0.1) is 12.1 Å². The van der Waals surface area contributed by atoms with Crippen molar-refractivity contribution in [2.75, 3.05) is 0 Å². The second-order valence-electron chi connectivity index (χ2n) is 4.95. The molecule has 4 aromatic rings. The van der Waals surface area contributed by atoms with Gasteiger partial charge in [-0.15, -0.1) is 22.9 Å². The van der Waals surface area contributed by atoms with E-state index in [1.54, 1.807) is 0 Å². The van der Waals surface area contributed by atoms with Gasteiger partial charge in [0.25, 0.3) is 0 Å². The predicted molar refractivity (Wildman–Crippen MR) is 84.6 cm³/mol. The van der Waals surface area contributed by atoms with E-state index in [9.17, 15) is 0 Å². The van der Waals surface area contributed by atoms with Crippen molar-refractivity contribution in [2.45, 2.75) is 0 Å². The predicted octanol–water partition coefficient (Wildman–Crippen LogP) is 5.26. The smallest absolute Gasteiger partial charge is 0 e. The van der Waals surface area contributed by atoms with Crippen LogP contribution in [0.5, 0.6) is 0 Å². The number of rotatable bonds is 1. The standard InChI is InChI=1S/C20H12.Y/c1-2-6-15(7-3-1)18-10-11-19-12-16-8-4-5-9-17(16)13-20(19)14-18;/h1-6,8-9,11-14H;/q-2;. The van der Waals surface area contributed by atoms with E-state index in [1.807, 2.05) is 18.2 Å². The van der Waals surface area contributed by atoms with Gasteiger partial charge in [0.15, 0.2) is 0 Å². The minimum atomic E-state index is 0. The van der Waals surface area contributed by atoms with E-state index in [4.69, 9.17) is 0 Å². The van der Waals surface area contributed by atoms with Crippen molar-refractivity contribution in [1.82, 2.24) is 0 Å². The third kappa shape index (κ3) is 2.79. The molecule has 4 aromatic carbocycles. The third-order valence-corrected chi connectivity index (χ3v) is 3.63. The topological polar surface area (TPSA) is 0 Å². The number of fused-ring (bicyclic) bond motifs is 2. The zero-order valence-corrected chi connectivity index (χ0v) is 14.3. The summed E-state index contributed by atoms with van der Waals surface area (Å²) in [5.41, 5.74) is 2.18. The van der Waals surface area contributed by atoms with Gasteiger partial charge in [0.2, 0.25) is 0 Å². The first-order valence-corrected chi connectivity index (χ1v) is 6.71. The molecule has 21 heavy (non-hydrogen) atoms. The molecule has 4 rings (SSSR count). The molecular formula is C20H12Y-2. The molecule has 0 atom stereocenters. The molecule has 1 heteroatoms. The molecule has 0 saturated carbocycles. The van der Waals surface area contributed by atoms with Gasteiger partial charge < -0.3 is 0 Å². The second-order valence-corrected chi connectivity index (χ2v) is 4.95. The van der Waals surface area contributed by atoms with Crippen molar-refractivity contribution >= 4 is 21.5 Å². The molecule has 0 aliphatic heterocycles.